The van der Waals surface area contributed by atoms with Crippen LogP contribution >= 0.6 is 0 Å². The highest BCUT2D eigenvalue weighted by Crippen LogP contribution is 2.31. The highest BCUT2D eigenvalue weighted by molar-refractivity contribution is 5.79. The third-order valence-corrected chi connectivity index (χ3v) is 4.74. The zero-order valence-electron chi connectivity index (χ0n) is 14.3. The molecule has 130 valence electrons. The number of aryl methyl sites for hydroxylation is 2. The van der Waals surface area contributed by atoms with E-state index in [1.165, 1.54) is 11.1 Å². The lowest BCUT2D eigenvalue weighted by Crippen LogP contribution is -2.37. The van der Waals surface area contributed by atoms with Gasteiger partial charge in [0.25, 0.3) is 0 Å². The van der Waals surface area contributed by atoms with Gasteiger partial charge in [-0.15, -0.1) is 0 Å². The first-order valence-corrected chi connectivity index (χ1v) is 8.53. The van der Waals surface area contributed by atoms with Crippen molar-refractivity contribution in [3.05, 3.63) is 70.8 Å². The number of benzene rings is 2. The molecule has 3 rings (SSSR count). The van der Waals surface area contributed by atoms with E-state index in [1.807, 2.05) is 43.3 Å². The summed E-state index contributed by atoms with van der Waals surface area (Å²) in [6, 6.07) is 14.8. The molecule has 2 aromatic carbocycles. The van der Waals surface area contributed by atoms with E-state index in [2.05, 4.69) is 22.8 Å². The van der Waals surface area contributed by atoms with Gasteiger partial charge in [0.2, 0.25) is 5.91 Å². The molecule has 5 nitrogen and oxygen atoms in total. The largest absolute Gasteiger partial charge is 0.352 e. The van der Waals surface area contributed by atoms with Crippen LogP contribution in [-0.2, 0) is 11.2 Å². The summed E-state index contributed by atoms with van der Waals surface area (Å²) in [6.07, 6.45) is 2.04. The molecule has 3 amide bonds. The Balaban J connectivity index is 1.71. The number of urea groups is 1. The zero-order chi connectivity index (χ0) is 17.8. The van der Waals surface area contributed by atoms with Crippen LogP contribution in [0.4, 0.5) is 4.79 Å². The van der Waals surface area contributed by atoms with Crippen LogP contribution < -0.4 is 16.4 Å². The molecular weight excluding hydrogens is 314 g/mol. The van der Waals surface area contributed by atoms with Gasteiger partial charge >= 0.3 is 6.03 Å². The van der Waals surface area contributed by atoms with Gasteiger partial charge in [0, 0.05) is 0 Å². The average molecular weight is 337 g/mol. The zero-order valence-corrected chi connectivity index (χ0v) is 14.3. The molecule has 0 fully saturated rings. The minimum absolute atomic E-state index is 0.0369. The number of nitrogens with two attached hydrogens (primary N) is 1. The van der Waals surface area contributed by atoms with Crippen LogP contribution in [0.15, 0.2) is 48.5 Å². The summed E-state index contributed by atoms with van der Waals surface area (Å²) >= 11 is 0. The predicted molar refractivity (Wildman–Crippen MR) is 96.9 cm³/mol. The molecule has 0 heterocycles. The lowest BCUT2D eigenvalue weighted by Gasteiger charge is -2.21. The maximum Gasteiger partial charge on any atom is 0.312 e. The molecule has 2 atom stereocenters. The van der Waals surface area contributed by atoms with Crippen LogP contribution in [0.3, 0.4) is 0 Å². The number of fused-ring (bicyclic) bond motifs is 1. The Hall–Kier alpha value is -2.82. The standard InChI is InChI=1S/C20H23N3O2/c1-13-6-2-4-8-15(13)18(23-20(21)25)12-19(24)22-17-11-10-14-7-3-5-9-16(14)17/h2-9,17-18H,10-12H2,1H3,(H,22,24)(H3,21,23,25). The number of amides is 3. The molecule has 0 spiro atoms. The molecule has 1 aliphatic rings. The van der Waals surface area contributed by atoms with Gasteiger partial charge in [-0.3, -0.25) is 4.79 Å². The van der Waals surface area contributed by atoms with Crippen molar-refractivity contribution >= 4 is 11.9 Å². The molecule has 0 saturated carbocycles. The van der Waals surface area contributed by atoms with Crippen molar-refractivity contribution in [2.45, 2.75) is 38.3 Å². The third-order valence-electron chi connectivity index (χ3n) is 4.74. The molecule has 5 heteroatoms. The van der Waals surface area contributed by atoms with Crippen molar-refractivity contribution in [1.82, 2.24) is 10.6 Å². The average Bonchev–Trinajstić information content (AvgIpc) is 2.97. The van der Waals surface area contributed by atoms with Crippen LogP contribution in [0.2, 0.25) is 0 Å². The van der Waals surface area contributed by atoms with Gasteiger partial charge in [0.15, 0.2) is 0 Å². The van der Waals surface area contributed by atoms with Crippen molar-refractivity contribution in [2.24, 2.45) is 5.73 Å². The number of nitrogens with one attached hydrogen (secondary N) is 2. The Morgan fingerprint density at radius 3 is 2.64 bits per heavy atom. The summed E-state index contributed by atoms with van der Waals surface area (Å²) in [4.78, 5) is 23.9. The maximum absolute atomic E-state index is 12.6. The second-order valence-corrected chi connectivity index (χ2v) is 6.48. The Morgan fingerprint density at radius 1 is 1.16 bits per heavy atom. The van der Waals surface area contributed by atoms with Crippen LogP contribution in [0, 0.1) is 6.92 Å². The molecule has 25 heavy (non-hydrogen) atoms. The molecule has 0 saturated heterocycles. The van der Waals surface area contributed by atoms with Crippen molar-refractivity contribution in [1.29, 1.82) is 0 Å². The molecule has 2 unspecified atom stereocenters. The van der Waals surface area contributed by atoms with Crippen molar-refractivity contribution in [2.75, 3.05) is 0 Å². The number of rotatable bonds is 5. The minimum atomic E-state index is -0.632. The summed E-state index contributed by atoms with van der Waals surface area (Å²) in [6.45, 7) is 1.95. The SMILES string of the molecule is Cc1ccccc1C(CC(=O)NC1CCc2ccccc21)NC(N)=O. The minimum Gasteiger partial charge on any atom is -0.352 e. The second kappa shape index (κ2) is 7.38. The van der Waals surface area contributed by atoms with E-state index in [4.69, 9.17) is 5.73 Å². The lowest BCUT2D eigenvalue weighted by atomic mass is 9.98. The summed E-state index contributed by atoms with van der Waals surface area (Å²) in [5.74, 6) is -0.0938. The lowest BCUT2D eigenvalue weighted by molar-refractivity contribution is -0.122. The fraction of sp³-hybridized carbons (Fsp3) is 0.300. The van der Waals surface area contributed by atoms with Crippen LogP contribution in [0.25, 0.3) is 0 Å². The molecule has 0 bridgehead atoms. The summed E-state index contributed by atoms with van der Waals surface area (Å²) in [5, 5.41) is 5.79. The normalized spacial score (nSPS) is 16.8. The van der Waals surface area contributed by atoms with E-state index in [9.17, 15) is 9.59 Å². The van der Waals surface area contributed by atoms with Crippen LogP contribution in [0.1, 0.15) is 47.2 Å². The number of carbonyl (C=O) groups excluding carboxylic acids is 2. The molecule has 4 N–H and O–H groups in total. The number of hydrogen-bond acceptors (Lipinski definition) is 2. The maximum atomic E-state index is 12.6. The summed E-state index contributed by atoms with van der Waals surface area (Å²) in [7, 11) is 0. The highest BCUT2D eigenvalue weighted by Gasteiger charge is 2.25. The van der Waals surface area contributed by atoms with Crippen molar-refractivity contribution in [3.63, 3.8) is 0 Å². The molecular formula is C20H23N3O2. The van der Waals surface area contributed by atoms with E-state index in [0.29, 0.717) is 0 Å². The fourth-order valence-corrected chi connectivity index (χ4v) is 3.53. The van der Waals surface area contributed by atoms with Crippen LogP contribution in [0.5, 0.6) is 0 Å². The molecule has 2 aromatic rings. The topological polar surface area (TPSA) is 84.2 Å². The van der Waals surface area contributed by atoms with E-state index in [1.54, 1.807) is 0 Å². The molecule has 0 radical (unpaired) electrons. The Kier molecular flexibility index (Phi) is 5.03. The number of carbonyl (C=O) groups is 2. The van der Waals surface area contributed by atoms with Gasteiger partial charge in [-0.05, 0) is 42.0 Å². The number of primary amides is 1. The fourth-order valence-electron chi connectivity index (χ4n) is 3.53. The quantitative estimate of drug-likeness (QED) is 0.784. The third kappa shape index (κ3) is 3.99. The molecule has 0 aliphatic heterocycles. The van der Waals surface area contributed by atoms with E-state index in [0.717, 1.165) is 24.0 Å². The van der Waals surface area contributed by atoms with Crippen molar-refractivity contribution < 1.29 is 9.59 Å². The summed E-state index contributed by atoms with van der Waals surface area (Å²) < 4.78 is 0. The van der Waals surface area contributed by atoms with Crippen molar-refractivity contribution in [3.8, 4) is 0 Å². The Morgan fingerprint density at radius 2 is 1.88 bits per heavy atom. The Bertz CT molecular complexity index is 788. The predicted octanol–water partition coefficient (Wildman–Crippen LogP) is 2.90. The van der Waals surface area contributed by atoms with E-state index >= 15 is 0 Å². The van der Waals surface area contributed by atoms with Gasteiger partial charge in [-0.1, -0.05) is 48.5 Å². The van der Waals surface area contributed by atoms with E-state index < -0.39 is 12.1 Å². The molecule has 1 aliphatic carbocycles. The van der Waals surface area contributed by atoms with Crippen LogP contribution in [-0.4, -0.2) is 11.9 Å². The monoisotopic (exact) mass is 337 g/mol. The van der Waals surface area contributed by atoms with Gasteiger partial charge < -0.3 is 16.4 Å². The highest BCUT2D eigenvalue weighted by atomic mass is 16.2. The number of hydrogen-bond donors (Lipinski definition) is 3. The first kappa shape index (κ1) is 17.0. The van der Waals surface area contributed by atoms with Gasteiger partial charge in [-0.25, -0.2) is 4.79 Å². The van der Waals surface area contributed by atoms with E-state index in [-0.39, 0.29) is 18.4 Å². The first-order valence-electron chi connectivity index (χ1n) is 8.53. The molecule has 0 aromatic heterocycles. The van der Waals surface area contributed by atoms with Gasteiger partial charge in [0.05, 0.1) is 18.5 Å². The first-order chi connectivity index (χ1) is 12.0. The van der Waals surface area contributed by atoms with Gasteiger partial charge in [-0.2, -0.15) is 0 Å². The second-order valence-electron chi connectivity index (χ2n) is 6.48. The summed E-state index contributed by atoms with van der Waals surface area (Å²) in [5.41, 5.74) is 9.70. The van der Waals surface area contributed by atoms with Gasteiger partial charge in [0.1, 0.15) is 0 Å². The smallest absolute Gasteiger partial charge is 0.312 e. The Labute approximate surface area is 147 Å².